The Labute approximate surface area is 87.3 Å². The van der Waals surface area contributed by atoms with Gasteiger partial charge in [0.25, 0.3) is 5.91 Å². The molecular weight excluding hydrogens is 194 g/mol. The molecule has 0 bridgehead atoms. The molecule has 0 atom stereocenters. The standard InChI is InChI=1S/C11H11NO3/c13-11(9-6-7-15-8-9)12(14)10-4-2-1-3-5-10/h1-5,8,14H,6-7H2. The minimum absolute atomic E-state index is 0.432. The Kier molecular flexibility index (Phi) is 2.69. The van der Waals surface area contributed by atoms with Crippen LogP contribution >= 0.6 is 0 Å². The van der Waals surface area contributed by atoms with Crippen LogP contribution in [0.3, 0.4) is 0 Å². The van der Waals surface area contributed by atoms with E-state index in [0.29, 0.717) is 29.4 Å². The molecule has 0 aliphatic carbocycles. The van der Waals surface area contributed by atoms with Crippen LogP contribution < -0.4 is 5.06 Å². The predicted octanol–water partition coefficient (Wildman–Crippen LogP) is 1.71. The number of ether oxygens (including phenoxy) is 1. The lowest BCUT2D eigenvalue weighted by atomic mass is 10.2. The minimum atomic E-state index is -0.432. The van der Waals surface area contributed by atoms with E-state index < -0.39 is 5.91 Å². The van der Waals surface area contributed by atoms with Gasteiger partial charge in [-0.25, -0.2) is 0 Å². The number of carbonyl (C=O) groups excluding carboxylic acids is 1. The molecule has 1 amide bonds. The van der Waals surface area contributed by atoms with Gasteiger partial charge in [-0.2, -0.15) is 5.06 Å². The number of anilines is 1. The first-order valence-electron chi connectivity index (χ1n) is 4.68. The number of para-hydroxylation sites is 1. The van der Waals surface area contributed by atoms with Gasteiger partial charge >= 0.3 is 0 Å². The Morgan fingerprint density at radius 2 is 2.07 bits per heavy atom. The highest BCUT2D eigenvalue weighted by atomic mass is 16.5. The summed E-state index contributed by atoms with van der Waals surface area (Å²) in [5, 5.41) is 10.3. The number of rotatable bonds is 2. The van der Waals surface area contributed by atoms with Crippen molar-refractivity contribution in [2.75, 3.05) is 11.7 Å². The lowest BCUT2D eigenvalue weighted by molar-refractivity contribution is -0.120. The largest absolute Gasteiger partial charge is 0.500 e. The molecule has 1 aliphatic heterocycles. The molecule has 0 saturated heterocycles. The molecular formula is C11H11NO3. The first-order chi connectivity index (χ1) is 7.29. The quantitative estimate of drug-likeness (QED) is 0.590. The molecule has 1 heterocycles. The lowest BCUT2D eigenvalue weighted by Crippen LogP contribution is -2.27. The summed E-state index contributed by atoms with van der Waals surface area (Å²) in [6.07, 6.45) is 1.94. The first-order valence-corrected chi connectivity index (χ1v) is 4.68. The van der Waals surface area contributed by atoms with Crippen molar-refractivity contribution in [1.29, 1.82) is 0 Å². The van der Waals surface area contributed by atoms with E-state index in [9.17, 15) is 10.0 Å². The zero-order chi connectivity index (χ0) is 10.7. The molecule has 4 nitrogen and oxygen atoms in total. The van der Waals surface area contributed by atoms with Crippen LogP contribution in [-0.4, -0.2) is 17.7 Å². The Hall–Kier alpha value is -1.81. The zero-order valence-electron chi connectivity index (χ0n) is 8.09. The maximum absolute atomic E-state index is 11.7. The summed E-state index contributed by atoms with van der Waals surface area (Å²) in [6, 6.07) is 8.65. The van der Waals surface area contributed by atoms with E-state index in [1.807, 2.05) is 6.07 Å². The Morgan fingerprint density at radius 1 is 1.33 bits per heavy atom. The van der Waals surface area contributed by atoms with E-state index in [0.717, 1.165) is 0 Å². The number of hydrogen-bond acceptors (Lipinski definition) is 3. The lowest BCUT2D eigenvalue weighted by Gasteiger charge is -2.14. The number of hydroxylamine groups is 1. The molecule has 78 valence electrons. The summed E-state index contributed by atoms with van der Waals surface area (Å²) in [5.41, 5.74) is 0.941. The van der Waals surface area contributed by atoms with Gasteiger partial charge in [-0.1, -0.05) is 18.2 Å². The average molecular weight is 205 g/mol. The van der Waals surface area contributed by atoms with Gasteiger partial charge in [0.05, 0.1) is 24.1 Å². The van der Waals surface area contributed by atoms with Gasteiger partial charge < -0.3 is 4.74 Å². The maximum Gasteiger partial charge on any atom is 0.281 e. The van der Waals surface area contributed by atoms with E-state index in [-0.39, 0.29) is 0 Å². The van der Waals surface area contributed by atoms with Crippen molar-refractivity contribution in [1.82, 2.24) is 0 Å². The third-order valence-corrected chi connectivity index (χ3v) is 2.18. The van der Waals surface area contributed by atoms with Gasteiger partial charge in [-0.3, -0.25) is 10.0 Å². The van der Waals surface area contributed by atoms with Crippen molar-refractivity contribution in [2.24, 2.45) is 0 Å². The molecule has 1 aromatic rings. The number of benzene rings is 1. The van der Waals surface area contributed by atoms with Crippen molar-refractivity contribution in [3.63, 3.8) is 0 Å². The maximum atomic E-state index is 11.7. The fourth-order valence-corrected chi connectivity index (χ4v) is 1.37. The second-order valence-electron chi connectivity index (χ2n) is 3.22. The van der Waals surface area contributed by atoms with Crippen LogP contribution in [0.2, 0.25) is 0 Å². The zero-order valence-corrected chi connectivity index (χ0v) is 8.09. The third kappa shape index (κ3) is 1.99. The minimum Gasteiger partial charge on any atom is -0.500 e. The Morgan fingerprint density at radius 3 is 2.67 bits per heavy atom. The van der Waals surface area contributed by atoms with Gasteiger partial charge in [0, 0.05) is 6.42 Å². The van der Waals surface area contributed by atoms with Gasteiger partial charge in [0.15, 0.2) is 0 Å². The van der Waals surface area contributed by atoms with Gasteiger partial charge in [-0.15, -0.1) is 0 Å². The van der Waals surface area contributed by atoms with E-state index >= 15 is 0 Å². The van der Waals surface area contributed by atoms with Crippen LogP contribution in [-0.2, 0) is 9.53 Å². The molecule has 0 aromatic heterocycles. The molecule has 1 aromatic carbocycles. The number of hydrogen-bond donors (Lipinski definition) is 1. The molecule has 0 spiro atoms. The van der Waals surface area contributed by atoms with Crippen LogP contribution in [0, 0.1) is 0 Å². The van der Waals surface area contributed by atoms with Gasteiger partial charge in [0.1, 0.15) is 0 Å². The molecule has 0 unspecified atom stereocenters. The fraction of sp³-hybridized carbons (Fsp3) is 0.182. The predicted molar refractivity (Wildman–Crippen MR) is 54.4 cm³/mol. The molecule has 0 fully saturated rings. The number of nitrogens with zero attached hydrogens (tertiary/aromatic N) is 1. The average Bonchev–Trinajstić information content (AvgIpc) is 2.82. The summed E-state index contributed by atoms with van der Waals surface area (Å²) in [4.78, 5) is 11.7. The molecule has 0 radical (unpaired) electrons. The highest BCUT2D eigenvalue weighted by molar-refractivity contribution is 6.03. The summed E-state index contributed by atoms with van der Waals surface area (Å²) in [7, 11) is 0. The first kappa shape index (κ1) is 9.73. The van der Waals surface area contributed by atoms with E-state index in [4.69, 9.17) is 4.74 Å². The van der Waals surface area contributed by atoms with Crippen molar-refractivity contribution >= 4 is 11.6 Å². The van der Waals surface area contributed by atoms with Crippen molar-refractivity contribution < 1.29 is 14.7 Å². The van der Waals surface area contributed by atoms with Crippen LogP contribution in [0.15, 0.2) is 42.2 Å². The summed E-state index contributed by atoms with van der Waals surface area (Å²) in [6.45, 7) is 0.504. The highest BCUT2D eigenvalue weighted by Crippen LogP contribution is 2.18. The van der Waals surface area contributed by atoms with Crippen molar-refractivity contribution in [3.8, 4) is 0 Å². The molecule has 4 heteroatoms. The van der Waals surface area contributed by atoms with Crippen molar-refractivity contribution in [2.45, 2.75) is 6.42 Å². The molecule has 2 rings (SSSR count). The molecule has 1 aliphatic rings. The third-order valence-electron chi connectivity index (χ3n) is 2.18. The smallest absolute Gasteiger partial charge is 0.281 e. The van der Waals surface area contributed by atoms with Gasteiger partial charge in [-0.05, 0) is 12.1 Å². The molecule has 15 heavy (non-hydrogen) atoms. The van der Waals surface area contributed by atoms with Crippen molar-refractivity contribution in [3.05, 3.63) is 42.2 Å². The molecule has 1 N–H and O–H groups in total. The number of carbonyl (C=O) groups is 1. The monoisotopic (exact) mass is 205 g/mol. The van der Waals surface area contributed by atoms with Gasteiger partial charge in [0.2, 0.25) is 0 Å². The van der Waals surface area contributed by atoms with Crippen LogP contribution in [0.25, 0.3) is 0 Å². The van der Waals surface area contributed by atoms with Crippen LogP contribution in [0.4, 0.5) is 5.69 Å². The SMILES string of the molecule is O=C(C1=COCC1)N(O)c1ccccc1. The number of amides is 1. The normalized spacial score (nSPS) is 14.3. The summed E-state index contributed by atoms with van der Waals surface area (Å²) in [5.74, 6) is -0.432. The second kappa shape index (κ2) is 4.14. The Balaban J connectivity index is 2.14. The summed E-state index contributed by atoms with van der Waals surface area (Å²) < 4.78 is 4.94. The van der Waals surface area contributed by atoms with Crippen LogP contribution in [0.5, 0.6) is 0 Å². The van der Waals surface area contributed by atoms with E-state index in [1.165, 1.54) is 6.26 Å². The van der Waals surface area contributed by atoms with E-state index in [2.05, 4.69) is 0 Å². The highest BCUT2D eigenvalue weighted by Gasteiger charge is 2.20. The summed E-state index contributed by atoms with van der Waals surface area (Å²) >= 11 is 0. The Bertz CT molecular complexity index is 386. The topological polar surface area (TPSA) is 49.8 Å². The second-order valence-corrected chi connectivity index (χ2v) is 3.22. The van der Waals surface area contributed by atoms with E-state index in [1.54, 1.807) is 24.3 Å². The molecule has 0 saturated carbocycles. The fourth-order valence-electron chi connectivity index (χ4n) is 1.37. The van der Waals surface area contributed by atoms with Crippen LogP contribution in [0.1, 0.15) is 6.42 Å².